The zero-order valence-electron chi connectivity index (χ0n) is 14.8. The summed E-state index contributed by atoms with van der Waals surface area (Å²) in [5.74, 6) is 0.825. The number of likely N-dealkylation sites (tertiary alicyclic amines) is 1. The van der Waals surface area contributed by atoms with E-state index in [1.54, 1.807) is 13.3 Å². The summed E-state index contributed by atoms with van der Waals surface area (Å²) in [6.07, 6.45) is 5.75. The summed E-state index contributed by atoms with van der Waals surface area (Å²) in [4.78, 5) is 17.9. The molecule has 1 atom stereocenters. The second-order valence-corrected chi connectivity index (χ2v) is 6.62. The number of aromatic nitrogens is 3. The van der Waals surface area contributed by atoms with E-state index in [2.05, 4.69) is 15.4 Å². The number of ether oxygens (including phenoxy) is 1. The maximum absolute atomic E-state index is 12.6. The van der Waals surface area contributed by atoms with Gasteiger partial charge in [-0.25, -0.2) is 4.79 Å². The summed E-state index contributed by atoms with van der Waals surface area (Å²) < 4.78 is 7.14. The van der Waals surface area contributed by atoms with Crippen molar-refractivity contribution in [2.24, 2.45) is 0 Å². The number of nitrogens with zero attached hydrogens (tertiary/aromatic N) is 3. The van der Waals surface area contributed by atoms with Crippen LogP contribution in [0.1, 0.15) is 18.5 Å². The molecule has 4 rings (SSSR count). The molecule has 7 nitrogen and oxygen atoms in total. The summed E-state index contributed by atoms with van der Waals surface area (Å²) in [6.45, 7) is 2.01. The number of methoxy groups -OCH3 is 1. The summed E-state index contributed by atoms with van der Waals surface area (Å²) in [5.41, 5.74) is 2.01. The molecule has 2 aromatic heterocycles. The first kappa shape index (κ1) is 16.5. The molecule has 0 spiro atoms. The lowest BCUT2D eigenvalue weighted by molar-refractivity contribution is 0.185. The number of amides is 2. The van der Waals surface area contributed by atoms with Crippen molar-refractivity contribution in [3.63, 3.8) is 0 Å². The van der Waals surface area contributed by atoms with Gasteiger partial charge in [0.1, 0.15) is 5.75 Å². The van der Waals surface area contributed by atoms with Crippen LogP contribution in [-0.2, 0) is 13.1 Å². The van der Waals surface area contributed by atoms with Crippen molar-refractivity contribution in [1.82, 2.24) is 25.0 Å². The molecule has 1 aliphatic heterocycles. The Morgan fingerprint density at radius 2 is 2.35 bits per heavy atom. The first-order valence-electron chi connectivity index (χ1n) is 8.90. The third kappa shape index (κ3) is 3.37. The third-order valence-corrected chi connectivity index (χ3v) is 4.91. The first-order chi connectivity index (χ1) is 12.7. The zero-order chi connectivity index (χ0) is 17.9. The number of carbonyl (C=O) groups excluding carboxylic acids is 1. The van der Waals surface area contributed by atoms with Gasteiger partial charge >= 0.3 is 6.03 Å². The van der Waals surface area contributed by atoms with Gasteiger partial charge < -0.3 is 19.9 Å². The molecule has 1 saturated heterocycles. The van der Waals surface area contributed by atoms with E-state index in [1.165, 1.54) is 0 Å². The fourth-order valence-corrected chi connectivity index (χ4v) is 3.58. The van der Waals surface area contributed by atoms with Gasteiger partial charge in [0.15, 0.2) is 0 Å². The van der Waals surface area contributed by atoms with Crippen molar-refractivity contribution < 1.29 is 9.53 Å². The van der Waals surface area contributed by atoms with Crippen LogP contribution < -0.4 is 10.1 Å². The van der Waals surface area contributed by atoms with Crippen LogP contribution in [0.5, 0.6) is 5.75 Å². The molecule has 0 bridgehead atoms. The normalized spacial score (nSPS) is 17.0. The minimum atomic E-state index is -0.0177. The number of nitrogens with one attached hydrogen (secondary N) is 2. The van der Waals surface area contributed by atoms with Crippen LogP contribution >= 0.6 is 0 Å². The predicted molar refractivity (Wildman–Crippen MR) is 99.0 cm³/mol. The van der Waals surface area contributed by atoms with Crippen LogP contribution in [-0.4, -0.2) is 45.4 Å². The van der Waals surface area contributed by atoms with Gasteiger partial charge in [-0.05, 0) is 43.2 Å². The van der Waals surface area contributed by atoms with Gasteiger partial charge in [0.2, 0.25) is 0 Å². The van der Waals surface area contributed by atoms with E-state index in [4.69, 9.17) is 4.74 Å². The summed E-state index contributed by atoms with van der Waals surface area (Å²) in [6, 6.07) is 10.0. The molecule has 0 saturated carbocycles. The molecule has 0 unspecified atom stereocenters. The number of benzene rings is 1. The van der Waals surface area contributed by atoms with Gasteiger partial charge in [-0.2, -0.15) is 5.10 Å². The molecule has 1 aliphatic rings. The highest BCUT2D eigenvalue weighted by Crippen LogP contribution is 2.22. The lowest BCUT2D eigenvalue weighted by Crippen LogP contribution is -2.44. The highest BCUT2D eigenvalue weighted by atomic mass is 16.5. The number of rotatable bonds is 5. The van der Waals surface area contributed by atoms with Crippen LogP contribution in [0.4, 0.5) is 4.79 Å². The monoisotopic (exact) mass is 353 g/mol. The zero-order valence-corrected chi connectivity index (χ0v) is 14.8. The highest BCUT2D eigenvalue weighted by Gasteiger charge is 2.28. The average Bonchev–Trinajstić information content (AvgIpc) is 3.39. The van der Waals surface area contributed by atoms with Gasteiger partial charge in [-0.3, -0.25) is 4.68 Å². The molecule has 2 amide bonds. The third-order valence-electron chi connectivity index (χ3n) is 4.91. The second kappa shape index (κ2) is 7.11. The van der Waals surface area contributed by atoms with Crippen LogP contribution in [0.25, 0.3) is 10.9 Å². The Bertz CT molecular complexity index is 887. The van der Waals surface area contributed by atoms with E-state index in [1.807, 2.05) is 46.1 Å². The number of aromatic amines is 1. The van der Waals surface area contributed by atoms with Gasteiger partial charge in [-0.15, -0.1) is 0 Å². The minimum Gasteiger partial charge on any atom is -0.497 e. The quantitative estimate of drug-likeness (QED) is 0.741. The Morgan fingerprint density at radius 1 is 1.42 bits per heavy atom. The van der Waals surface area contributed by atoms with E-state index in [0.29, 0.717) is 6.54 Å². The Kier molecular flexibility index (Phi) is 4.51. The van der Waals surface area contributed by atoms with E-state index >= 15 is 0 Å². The molecule has 1 aromatic carbocycles. The molecule has 26 heavy (non-hydrogen) atoms. The second-order valence-electron chi connectivity index (χ2n) is 6.62. The topological polar surface area (TPSA) is 75.2 Å². The first-order valence-corrected chi connectivity index (χ1v) is 8.90. The Balaban J connectivity index is 1.38. The van der Waals surface area contributed by atoms with Crippen LogP contribution in [0.15, 0.2) is 42.7 Å². The van der Waals surface area contributed by atoms with E-state index in [0.717, 1.165) is 48.3 Å². The highest BCUT2D eigenvalue weighted by molar-refractivity contribution is 5.82. The van der Waals surface area contributed by atoms with Crippen LogP contribution in [0.2, 0.25) is 0 Å². The van der Waals surface area contributed by atoms with Crippen molar-refractivity contribution in [3.8, 4) is 5.75 Å². The molecule has 0 aliphatic carbocycles. The van der Waals surface area contributed by atoms with Crippen molar-refractivity contribution in [1.29, 1.82) is 0 Å². The number of carbonyl (C=O) groups is 1. The molecule has 2 N–H and O–H groups in total. The molecule has 3 aromatic rings. The van der Waals surface area contributed by atoms with E-state index in [9.17, 15) is 4.79 Å². The Labute approximate surface area is 151 Å². The SMILES string of the molecule is COc1ccc2[nH]c(CNC(=O)N3CCC[C@H]3Cn3cccn3)cc2c1. The van der Waals surface area contributed by atoms with Crippen molar-refractivity contribution in [2.75, 3.05) is 13.7 Å². The number of fused-ring (bicyclic) bond motifs is 1. The van der Waals surface area contributed by atoms with E-state index in [-0.39, 0.29) is 12.1 Å². The smallest absolute Gasteiger partial charge is 0.318 e. The fraction of sp³-hybridized carbons (Fsp3) is 0.368. The average molecular weight is 353 g/mol. The largest absolute Gasteiger partial charge is 0.497 e. The summed E-state index contributed by atoms with van der Waals surface area (Å²) in [7, 11) is 1.66. The standard InChI is InChI=1S/C19H23N5O2/c1-26-17-5-6-18-14(11-17)10-15(22-18)12-20-19(25)24-9-2-4-16(24)13-23-8-3-7-21-23/h3,5-8,10-11,16,22H,2,4,9,12-13H2,1H3,(H,20,25)/t16-/m0/s1. The number of H-pyrrole nitrogens is 1. The number of hydrogen-bond donors (Lipinski definition) is 2. The molecular formula is C19H23N5O2. The lowest BCUT2D eigenvalue weighted by atomic mass is 10.2. The molecule has 0 radical (unpaired) electrons. The van der Waals surface area contributed by atoms with Gasteiger partial charge in [-0.1, -0.05) is 0 Å². The molecular weight excluding hydrogens is 330 g/mol. The fourth-order valence-electron chi connectivity index (χ4n) is 3.58. The molecule has 7 heteroatoms. The van der Waals surface area contributed by atoms with Gasteiger partial charge in [0.05, 0.1) is 26.2 Å². The minimum absolute atomic E-state index is 0.0177. The summed E-state index contributed by atoms with van der Waals surface area (Å²) >= 11 is 0. The van der Waals surface area contributed by atoms with Crippen molar-refractivity contribution in [3.05, 3.63) is 48.4 Å². The number of hydrogen-bond acceptors (Lipinski definition) is 3. The predicted octanol–water partition coefficient (Wildman–Crippen LogP) is 2.75. The van der Waals surface area contributed by atoms with Gasteiger partial charge in [0, 0.05) is 35.5 Å². The van der Waals surface area contributed by atoms with Crippen molar-refractivity contribution >= 4 is 16.9 Å². The van der Waals surface area contributed by atoms with Gasteiger partial charge in [0.25, 0.3) is 0 Å². The van der Waals surface area contributed by atoms with E-state index < -0.39 is 0 Å². The number of urea groups is 1. The molecule has 136 valence electrons. The summed E-state index contributed by atoms with van der Waals surface area (Å²) in [5, 5.41) is 8.36. The van der Waals surface area contributed by atoms with Crippen LogP contribution in [0.3, 0.4) is 0 Å². The Morgan fingerprint density at radius 3 is 3.15 bits per heavy atom. The van der Waals surface area contributed by atoms with Crippen molar-refractivity contribution in [2.45, 2.75) is 32.0 Å². The molecule has 1 fully saturated rings. The van der Waals surface area contributed by atoms with Crippen LogP contribution in [0, 0.1) is 0 Å². The maximum Gasteiger partial charge on any atom is 0.318 e. The molecule has 3 heterocycles. The maximum atomic E-state index is 12.6. The Hall–Kier alpha value is -2.96. The lowest BCUT2D eigenvalue weighted by Gasteiger charge is -2.24.